The van der Waals surface area contributed by atoms with Crippen molar-refractivity contribution in [2.75, 3.05) is 0 Å². The molecule has 1 atom stereocenters. The second-order valence-electron chi connectivity index (χ2n) is 6.28. The Hall–Kier alpha value is -2.70. The molecule has 0 radical (unpaired) electrons. The number of hydrogen-bond donors (Lipinski definition) is 1. The van der Waals surface area contributed by atoms with E-state index in [0.29, 0.717) is 12.4 Å². The molecular weight excluding hydrogens is 359 g/mol. The van der Waals surface area contributed by atoms with Gasteiger partial charge < -0.3 is 14.8 Å². The van der Waals surface area contributed by atoms with Crippen LogP contribution in [0.4, 0.5) is 13.2 Å². The van der Waals surface area contributed by atoms with Crippen LogP contribution in [0.1, 0.15) is 26.3 Å². The lowest BCUT2D eigenvalue weighted by molar-refractivity contribution is -0.303. The van der Waals surface area contributed by atoms with Crippen LogP contribution in [-0.4, -0.2) is 18.3 Å². The lowest BCUT2D eigenvalue weighted by atomic mass is 10.0. The third-order valence-electron chi connectivity index (χ3n) is 3.55. The smallest absolute Gasteiger partial charge is 0.492 e. The van der Waals surface area contributed by atoms with Gasteiger partial charge in [0.2, 0.25) is 5.91 Å². The van der Waals surface area contributed by atoms with Crippen LogP contribution in [0.5, 0.6) is 0 Å². The number of rotatable bonds is 9. The molecule has 1 aromatic rings. The number of amides is 1. The second kappa shape index (κ2) is 9.85. The van der Waals surface area contributed by atoms with E-state index in [1.54, 1.807) is 0 Å². The first kappa shape index (κ1) is 22.3. The number of carbonyl (C=O) groups excluding carboxylic acids is 1. The average Bonchev–Trinajstić information content (AvgIpc) is 2.56. The van der Waals surface area contributed by atoms with E-state index in [1.807, 2.05) is 44.2 Å². The van der Waals surface area contributed by atoms with E-state index in [-0.39, 0.29) is 11.5 Å². The van der Waals surface area contributed by atoms with Gasteiger partial charge in [-0.15, -0.1) is 13.2 Å². The first-order chi connectivity index (χ1) is 12.5. The fourth-order valence-corrected chi connectivity index (χ4v) is 2.20. The van der Waals surface area contributed by atoms with Crippen LogP contribution in [0.15, 0.2) is 66.7 Å². The molecule has 0 heterocycles. The number of nitrogens with one attached hydrogen (secondary N) is 1. The van der Waals surface area contributed by atoms with Crippen molar-refractivity contribution in [2.24, 2.45) is 5.92 Å². The highest BCUT2D eigenvalue weighted by molar-refractivity contribution is 5.93. The fourth-order valence-electron chi connectivity index (χ4n) is 2.20. The normalized spacial score (nSPS) is 13.1. The molecule has 0 aliphatic heterocycles. The number of alkyl halides is 3. The summed E-state index contributed by atoms with van der Waals surface area (Å²) in [6.45, 7) is 12.4. The summed E-state index contributed by atoms with van der Waals surface area (Å²) in [6.07, 6.45) is -3.93. The molecule has 1 rings (SSSR count). The highest BCUT2D eigenvalue weighted by Crippen LogP contribution is 2.21. The third kappa shape index (κ3) is 8.48. The van der Waals surface area contributed by atoms with Gasteiger partial charge in [0, 0.05) is 5.57 Å². The fraction of sp³-hybridized carbons (Fsp3) is 0.350. The Labute approximate surface area is 157 Å². The van der Waals surface area contributed by atoms with E-state index in [2.05, 4.69) is 23.2 Å². The molecule has 0 aromatic heterocycles. The van der Waals surface area contributed by atoms with Crippen LogP contribution < -0.4 is 5.32 Å². The zero-order valence-corrected chi connectivity index (χ0v) is 15.6. The Morgan fingerprint density at radius 1 is 1.22 bits per heavy atom. The van der Waals surface area contributed by atoms with Crippen molar-refractivity contribution in [1.29, 1.82) is 0 Å². The van der Waals surface area contributed by atoms with Gasteiger partial charge in [-0.1, -0.05) is 57.3 Å². The van der Waals surface area contributed by atoms with E-state index >= 15 is 0 Å². The van der Waals surface area contributed by atoms with Gasteiger partial charge in [-0.3, -0.25) is 4.79 Å². The summed E-state index contributed by atoms with van der Waals surface area (Å²) in [5.74, 6) is -0.916. The highest BCUT2D eigenvalue weighted by Gasteiger charge is 2.31. The molecule has 0 spiro atoms. The molecular formula is C20H24F3NO3. The van der Waals surface area contributed by atoms with Crippen molar-refractivity contribution < 1.29 is 27.4 Å². The number of hydrogen-bond acceptors (Lipinski definition) is 3. The molecule has 0 saturated carbocycles. The van der Waals surface area contributed by atoms with Gasteiger partial charge in [0.1, 0.15) is 18.1 Å². The molecule has 27 heavy (non-hydrogen) atoms. The quantitative estimate of drug-likeness (QED) is 0.377. The number of benzene rings is 1. The summed E-state index contributed by atoms with van der Waals surface area (Å²) in [5, 5.41) is 2.71. The van der Waals surface area contributed by atoms with Crippen LogP contribution in [-0.2, 0) is 20.9 Å². The van der Waals surface area contributed by atoms with Crippen LogP contribution in [0, 0.1) is 5.92 Å². The van der Waals surface area contributed by atoms with Crippen molar-refractivity contribution in [3.8, 4) is 0 Å². The Morgan fingerprint density at radius 2 is 1.81 bits per heavy atom. The molecule has 0 saturated heterocycles. The van der Waals surface area contributed by atoms with Crippen LogP contribution >= 0.6 is 0 Å². The monoisotopic (exact) mass is 383 g/mol. The van der Waals surface area contributed by atoms with Gasteiger partial charge in [0.25, 0.3) is 0 Å². The maximum absolute atomic E-state index is 12.3. The number of ether oxygens (including phenoxy) is 2. The topological polar surface area (TPSA) is 47.6 Å². The molecule has 0 bridgehead atoms. The van der Waals surface area contributed by atoms with Gasteiger partial charge in [-0.25, -0.2) is 0 Å². The average molecular weight is 383 g/mol. The molecule has 4 nitrogen and oxygen atoms in total. The molecule has 7 heteroatoms. The second-order valence-corrected chi connectivity index (χ2v) is 6.28. The molecule has 0 aliphatic carbocycles. The lowest BCUT2D eigenvalue weighted by Gasteiger charge is -2.25. The van der Waals surface area contributed by atoms with E-state index < -0.39 is 24.1 Å². The summed E-state index contributed by atoms with van der Waals surface area (Å²) in [5.41, 5.74) is 0.968. The van der Waals surface area contributed by atoms with Crippen molar-refractivity contribution in [3.05, 3.63) is 72.2 Å². The van der Waals surface area contributed by atoms with Crippen molar-refractivity contribution >= 4 is 5.91 Å². The predicted octanol–water partition coefficient (Wildman–Crippen LogP) is 4.85. The Balaban J connectivity index is 2.70. The lowest BCUT2D eigenvalue weighted by Crippen LogP contribution is -2.40. The predicted molar refractivity (Wildman–Crippen MR) is 97.2 cm³/mol. The summed E-state index contributed by atoms with van der Waals surface area (Å²) in [4.78, 5) is 12.3. The number of allylic oxidation sites excluding steroid dienone is 1. The Morgan fingerprint density at radius 3 is 2.33 bits per heavy atom. The van der Waals surface area contributed by atoms with Crippen LogP contribution in [0.2, 0.25) is 0 Å². The van der Waals surface area contributed by atoms with Gasteiger partial charge in [-0.2, -0.15) is 0 Å². The first-order valence-corrected chi connectivity index (χ1v) is 8.29. The highest BCUT2D eigenvalue weighted by atomic mass is 19.4. The molecule has 1 N–H and O–H groups in total. The molecule has 0 aliphatic rings. The number of halogens is 3. The van der Waals surface area contributed by atoms with Crippen molar-refractivity contribution in [3.63, 3.8) is 0 Å². The minimum absolute atomic E-state index is 0.0192. The van der Waals surface area contributed by atoms with Crippen molar-refractivity contribution in [1.82, 2.24) is 5.32 Å². The number of carbonyl (C=O) groups is 1. The SMILES string of the molecule is C=C(/C=C(\C)C(=O)N[C@@H](C(=C)OCc1ccccc1)C(C)C)OC(F)(F)F. The van der Waals surface area contributed by atoms with E-state index in [4.69, 9.17) is 4.74 Å². The minimum atomic E-state index is -4.86. The molecule has 0 fully saturated rings. The maximum Gasteiger partial charge on any atom is 0.573 e. The summed E-state index contributed by atoms with van der Waals surface area (Å²) >= 11 is 0. The minimum Gasteiger partial charge on any atom is -0.492 e. The Bertz CT molecular complexity index is 694. The molecule has 1 aromatic carbocycles. The zero-order chi connectivity index (χ0) is 20.6. The Kier molecular flexibility index (Phi) is 8.15. The van der Waals surface area contributed by atoms with E-state index in [1.165, 1.54) is 6.92 Å². The molecule has 148 valence electrons. The van der Waals surface area contributed by atoms with Crippen molar-refractivity contribution in [2.45, 2.75) is 39.8 Å². The largest absolute Gasteiger partial charge is 0.573 e. The van der Waals surface area contributed by atoms with E-state index in [0.717, 1.165) is 11.6 Å². The maximum atomic E-state index is 12.3. The van der Waals surface area contributed by atoms with Crippen LogP contribution in [0.25, 0.3) is 0 Å². The molecule has 1 amide bonds. The van der Waals surface area contributed by atoms with Gasteiger partial charge in [-0.05, 0) is 24.5 Å². The van der Waals surface area contributed by atoms with E-state index in [9.17, 15) is 18.0 Å². The van der Waals surface area contributed by atoms with Gasteiger partial charge >= 0.3 is 6.36 Å². The van der Waals surface area contributed by atoms with Crippen LogP contribution in [0.3, 0.4) is 0 Å². The molecule has 0 unspecified atom stereocenters. The first-order valence-electron chi connectivity index (χ1n) is 8.29. The van der Waals surface area contributed by atoms with Gasteiger partial charge in [0.15, 0.2) is 0 Å². The summed E-state index contributed by atoms with van der Waals surface area (Å²) in [6, 6.07) is 8.94. The van der Waals surface area contributed by atoms with Gasteiger partial charge in [0.05, 0.1) is 6.04 Å². The summed E-state index contributed by atoms with van der Waals surface area (Å²) in [7, 11) is 0. The third-order valence-corrected chi connectivity index (χ3v) is 3.55. The zero-order valence-electron chi connectivity index (χ0n) is 15.6. The summed E-state index contributed by atoms with van der Waals surface area (Å²) < 4.78 is 45.8. The standard InChI is InChI=1S/C20H24F3NO3/c1-13(2)18(16(5)26-12-17-9-7-6-8-10-17)24-19(25)14(3)11-15(4)27-20(21,22)23/h6-11,13,18H,4-5,12H2,1-3H3,(H,24,25)/b14-11+/t18-/m1/s1.